The Bertz CT molecular complexity index is 458. The van der Waals surface area contributed by atoms with E-state index in [1.807, 2.05) is 0 Å². The predicted octanol–water partition coefficient (Wildman–Crippen LogP) is 0.0889. The van der Waals surface area contributed by atoms with Gasteiger partial charge >= 0.3 is 0 Å². The third kappa shape index (κ3) is 1.70. The minimum atomic E-state index is -0.966. The Labute approximate surface area is 91.3 Å². The molecule has 1 aliphatic heterocycles. The summed E-state index contributed by atoms with van der Waals surface area (Å²) in [5, 5.41) is 2.56. The standard InChI is InChI=1S/C10H10N2O4/c1-15-10-9(14)12-6-4-5(8(11)13)2-3-7(6)16-10/h2-4,10H,1H3,(H2,11,13)(H,12,14). The van der Waals surface area contributed by atoms with E-state index in [2.05, 4.69) is 5.32 Å². The van der Waals surface area contributed by atoms with Crippen LogP contribution in [0, 0.1) is 0 Å². The molecule has 0 fully saturated rings. The number of benzene rings is 1. The fourth-order valence-electron chi connectivity index (χ4n) is 1.40. The summed E-state index contributed by atoms with van der Waals surface area (Å²) < 4.78 is 10.1. The molecule has 16 heavy (non-hydrogen) atoms. The molecule has 1 atom stereocenters. The molecule has 2 amide bonds. The average molecular weight is 222 g/mol. The topological polar surface area (TPSA) is 90.7 Å². The van der Waals surface area contributed by atoms with E-state index < -0.39 is 18.1 Å². The molecule has 1 aromatic rings. The van der Waals surface area contributed by atoms with Gasteiger partial charge in [-0.05, 0) is 18.2 Å². The fourth-order valence-corrected chi connectivity index (χ4v) is 1.40. The monoisotopic (exact) mass is 222 g/mol. The van der Waals surface area contributed by atoms with Gasteiger partial charge in [-0.3, -0.25) is 9.59 Å². The van der Waals surface area contributed by atoms with Crippen molar-refractivity contribution in [3.05, 3.63) is 23.8 Å². The van der Waals surface area contributed by atoms with Gasteiger partial charge in [-0.25, -0.2) is 0 Å². The molecule has 1 unspecified atom stereocenters. The molecule has 2 rings (SSSR count). The Morgan fingerprint density at radius 2 is 2.31 bits per heavy atom. The lowest BCUT2D eigenvalue weighted by molar-refractivity contribution is -0.143. The molecule has 0 bridgehead atoms. The Balaban J connectivity index is 2.36. The first-order chi connectivity index (χ1) is 7.61. The Hall–Kier alpha value is -2.08. The number of rotatable bonds is 2. The van der Waals surface area contributed by atoms with Gasteiger partial charge in [0.1, 0.15) is 5.75 Å². The molecular formula is C10H10N2O4. The molecule has 0 spiro atoms. The lowest BCUT2D eigenvalue weighted by atomic mass is 10.1. The average Bonchev–Trinajstić information content (AvgIpc) is 2.27. The van der Waals surface area contributed by atoms with Crippen LogP contribution in [-0.4, -0.2) is 25.2 Å². The van der Waals surface area contributed by atoms with Crippen LogP contribution in [0.1, 0.15) is 10.4 Å². The molecule has 1 heterocycles. The second-order valence-corrected chi connectivity index (χ2v) is 3.25. The van der Waals surface area contributed by atoms with Gasteiger partial charge < -0.3 is 20.5 Å². The molecule has 6 nitrogen and oxygen atoms in total. The maximum atomic E-state index is 11.4. The van der Waals surface area contributed by atoms with Gasteiger partial charge in [0, 0.05) is 12.7 Å². The van der Waals surface area contributed by atoms with Crippen molar-refractivity contribution in [3.63, 3.8) is 0 Å². The van der Waals surface area contributed by atoms with E-state index in [9.17, 15) is 9.59 Å². The highest BCUT2D eigenvalue weighted by atomic mass is 16.7. The van der Waals surface area contributed by atoms with Crippen LogP contribution in [0.5, 0.6) is 5.75 Å². The van der Waals surface area contributed by atoms with Crippen LogP contribution in [0.4, 0.5) is 5.69 Å². The normalized spacial score (nSPS) is 18.3. The molecule has 0 saturated heterocycles. The quantitative estimate of drug-likeness (QED) is 0.741. The Morgan fingerprint density at radius 3 is 2.94 bits per heavy atom. The van der Waals surface area contributed by atoms with E-state index in [0.29, 0.717) is 17.0 Å². The van der Waals surface area contributed by atoms with Gasteiger partial charge in [0.05, 0.1) is 5.69 Å². The smallest absolute Gasteiger partial charge is 0.294 e. The van der Waals surface area contributed by atoms with Crippen LogP contribution in [0.25, 0.3) is 0 Å². The van der Waals surface area contributed by atoms with Crippen LogP contribution in [0.15, 0.2) is 18.2 Å². The van der Waals surface area contributed by atoms with Gasteiger partial charge in [0.15, 0.2) is 0 Å². The SMILES string of the molecule is COC1Oc2ccc(C(N)=O)cc2NC1=O. The molecule has 1 aromatic carbocycles. The first-order valence-corrected chi connectivity index (χ1v) is 4.56. The van der Waals surface area contributed by atoms with Gasteiger partial charge in [0.2, 0.25) is 5.91 Å². The summed E-state index contributed by atoms with van der Waals surface area (Å²) in [6, 6.07) is 4.54. The second-order valence-electron chi connectivity index (χ2n) is 3.25. The summed E-state index contributed by atoms with van der Waals surface area (Å²) in [6.07, 6.45) is -0.966. The molecule has 6 heteroatoms. The highest BCUT2D eigenvalue weighted by Crippen LogP contribution is 2.30. The molecule has 0 radical (unpaired) electrons. The lowest BCUT2D eigenvalue weighted by Gasteiger charge is -2.24. The minimum absolute atomic E-state index is 0.304. The number of methoxy groups -OCH3 is 1. The summed E-state index contributed by atoms with van der Waals surface area (Å²) >= 11 is 0. The number of carbonyl (C=O) groups is 2. The van der Waals surface area contributed by atoms with Crippen molar-refractivity contribution in [3.8, 4) is 5.75 Å². The Kier molecular flexibility index (Phi) is 2.49. The van der Waals surface area contributed by atoms with E-state index in [1.54, 1.807) is 6.07 Å². The van der Waals surface area contributed by atoms with E-state index in [-0.39, 0.29) is 0 Å². The fraction of sp³-hybridized carbons (Fsp3) is 0.200. The Morgan fingerprint density at radius 1 is 1.56 bits per heavy atom. The van der Waals surface area contributed by atoms with Crippen LogP contribution < -0.4 is 15.8 Å². The first kappa shape index (κ1) is 10.4. The molecule has 0 saturated carbocycles. The molecule has 84 valence electrons. The number of nitrogens with one attached hydrogen (secondary N) is 1. The van der Waals surface area contributed by atoms with Crippen molar-refractivity contribution >= 4 is 17.5 Å². The third-order valence-electron chi connectivity index (χ3n) is 2.18. The number of amides is 2. The zero-order valence-corrected chi connectivity index (χ0v) is 8.52. The van der Waals surface area contributed by atoms with E-state index in [1.165, 1.54) is 19.2 Å². The zero-order chi connectivity index (χ0) is 11.7. The number of hydrogen-bond acceptors (Lipinski definition) is 4. The minimum Gasteiger partial charge on any atom is -0.453 e. The second kappa shape index (κ2) is 3.82. The van der Waals surface area contributed by atoms with Gasteiger partial charge in [-0.15, -0.1) is 0 Å². The van der Waals surface area contributed by atoms with Crippen molar-refractivity contribution < 1.29 is 19.1 Å². The maximum Gasteiger partial charge on any atom is 0.294 e. The largest absolute Gasteiger partial charge is 0.453 e. The predicted molar refractivity (Wildman–Crippen MR) is 55.0 cm³/mol. The highest BCUT2D eigenvalue weighted by Gasteiger charge is 2.27. The first-order valence-electron chi connectivity index (χ1n) is 4.56. The number of anilines is 1. The number of nitrogens with two attached hydrogens (primary N) is 1. The van der Waals surface area contributed by atoms with E-state index >= 15 is 0 Å². The number of primary amides is 1. The van der Waals surface area contributed by atoms with Crippen LogP contribution in [-0.2, 0) is 9.53 Å². The van der Waals surface area contributed by atoms with Crippen molar-refractivity contribution in [2.45, 2.75) is 6.29 Å². The molecule has 0 aliphatic carbocycles. The third-order valence-corrected chi connectivity index (χ3v) is 2.18. The van der Waals surface area contributed by atoms with Gasteiger partial charge in [-0.1, -0.05) is 0 Å². The number of fused-ring (bicyclic) bond motifs is 1. The van der Waals surface area contributed by atoms with Crippen molar-refractivity contribution in [1.29, 1.82) is 0 Å². The highest BCUT2D eigenvalue weighted by molar-refractivity contribution is 6.00. The van der Waals surface area contributed by atoms with E-state index in [4.69, 9.17) is 15.2 Å². The molecular weight excluding hydrogens is 212 g/mol. The lowest BCUT2D eigenvalue weighted by Crippen LogP contribution is -2.38. The summed E-state index contributed by atoms with van der Waals surface area (Å²) in [6.45, 7) is 0. The van der Waals surface area contributed by atoms with Crippen LogP contribution >= 0.6 is 0 Å². The van der Waals surface area contributed by atoms with Crippen molar-refractivity contribution in [2.75, 3.05) is 12.4 Å². The molecule has 0 aromatic heterocycles. The molecule has 1 aliphatic rings. The van der Waals surface area contributed by atoms with Crippen LogP contribution in [0.3, 0.4) is 0 Å². The number of hydrogen-bond donors (Lipinski definition) is 2. The van der Waals surface area contributed by atoms with Gasteiger partial charge in [-0.2, -0.15) is 0 Å². The van der Waals surface area contributed by atoms with E-state index in [0.717, 1.165) is 0 Å². The summed E-state index contributed by atoms with van der Waals surface area (Å²) in [5.41, 5.74) is 5.83. The maximum absolute atomic E-state index is 11.4. The zero-order valence-electron chi connectivity index (χ0n) is 8.52. The van der Waals surface area contributed by atoms with Gasteiger partial charge in [0.25, 0.3) is 12.2 Å². The summed E-state index contributed by atoms with van der Waals surface area (Å²) in [5.74, 6) is -0.543. The summed E-state index contributed by atoms with van der Waals surface area (Å²) in [4.78, 5) is 22.3. The van der Waals surface area contributed by atoms with Crippen LogP contribution in [0.2, 0.25) is 0 Å². The van der Waals surface area contributed by atoms with Crippen molar-refractivity contribution in [1.82, 2.24) is 0 Å². The number of carbonyl (C=O) groups excluding carboxylic acids is 2. The number of ether oxygens (including phenoxy) is 2. The summed E-state index contributed by atoms with van der Waals surface area (Å²) in [7, 11) is 1.37. The molecule has 3 N–H and O–H groups in total. The van der Waals surface area contributed by atoms with Crippen molar-refractivity contribution in [2.24, 2.45) is 5.73 Å².